The maximum absolute atomic E-state index is 0. The molecular weight excluding hydrogens is 358 g/mol. The van der Waals surface area contributed by atoms with E-state index in [0.717, 1.165) is 0 Å². The van der Waals surface area contributed by atoms with Crippen LogP contribution >= 0.6 is 0 Å². The molecule has 0 radical (unpaired) electrons. The fraction of sp³-hybridized carbons (Fsp3) is 1.00. The Morgan fingerprint density at radius 1 is 0.600 bits per heavy atom. The second kappa shape index (κ2) is 52.6. The Balaban J connectivity index is 0. The van der Waals surface area contributed by atoms with Gasteiger partial charge >= 0.3 is 0 Å². The van der Waals surface area contributed by atoms with Crippen molar-refractivity contribution in [3.05, 3.63) is 0 Å². The van der Waals surface area contributed by atoms with E-state index in [-0.39, 0.29) is 67.3 Å². The molecule has 5 heavy (non-hydrogen) atoms. The van der Waals surface area contributed by atoms with E-state index in [1.807, 2.05) is 0 Å². The molecule has 42 valence electrons. The van der Waals surface area contributed by atoms with E-state index in [2.05, 4.69) is 0 Å². The molecule has 2 heteroatoms. The van der Waals surface area contributed by atoms with E-state index in [1.54, 1.807) is 0 Å². The molecule has 0 aliphatic rings. The molecule has 0 nitrogen and oxygen atoms in total. The third-order valence-corrected chi connectivity index (χ3v) is 0. The first-order valence-corrected chi connectivity index (χ1v) is 0. The summed E-state index contributed by atoms with van der Waals surface area (Å²) in [5.41, 5.74) is 0. The molecule has 0 bridgehead atoms. The van der Waals surface area contributed by atoms with Crippen LogP contribution < -0.4 is 24.0 Å². The first-order chi connectivity index (χ1) is 0. The quantitative estimate of drug-likeness (QED) is 0.476. The molecule has 0 aliphatic heterocycles. The molecule has 0 rings (SSSR count). The number of hydrogen-bond acceptors (Lipinski definition) is 0. The van der Waals surface area contributed by atoms with Crippen molar-refractivity contribution in [3.63, 3.8) is 0 Å². The topological polar surface area (TPSA) is 0 Å². The number of rotatable bonds is 0. The maximum atomic E-state index is 0. The fourth-order valence-electron chi connectivity index (χ4n) is 0. The van der Waals surface area contributed by atoms with Crippen LogP contribution in [0.5, 0.6) is 0 Å². The van der Waals surface area contributed by atoms with Crippen LogP contribution in [0, 0.1) is 0 Å². The van der Waals surface area contributed by atoms with Gasteiger partial charge < -0.3 is 24.0 Å². The third-order valence-electron chi connectivity index (χ3n) is 0. The van der Waals surface area contributed by atoms with Crippen molar-refractivity contribution in [3.8, 4) is 0 Å². The van der Waals surface area contributed by atoms with E-state index in [1.165, 1.54) is 0 Å². The van der Waals surface area contributed by atoms with Crippen molar-refractivity contribution < 1.29 is 45.0 Å². The zero-order valence-electron chi connectivity index (χ0n) is 0.694. The normalized spacial score (nSPS) is 0. The summed E-state index contributed by atoms with van der Waals surface area (Å²) in [5.74, 6) is 0. The zero-order chi connectivity index (χ0) is 0. The summed E-state index contributed by atoms with van der Waals surface area (Å²) in [7, 11) is 0. The van der Waals surface area contributed by atoms with E-state index >= 15 is 0 Å². The van der Waals surface area contributed by atoms with Gasteiger partial charge in [-0.15, -0.1) is 0 Å². The molecule has 0 saturated carbocycles. The largest absolute Gasteiger partial charge is 1.00 e. The second-order valence-electron chi connectivity index (χ2n) is 0. The molecule has 0 aromatic rings. The van der Waals surface area contributed by atoms with Crippen molar-refractivity contribution >= 4 is 0 Å². The van der Waals surface area contributed by atoms with Crippen LogP contribution in [0.1, 0.15) is 22.3 Å². The second-order valence-corrected chi connectivity index (χ2v) is 0. The minimum Gasteiger partial charge on any atom is -1.00 e. The minimum atomic E-state index is 0. The molecule has 0 spiro atoms. The minimum absolute atomic E-state index is 0. The van der Waals surface area contributed by atoms with E-state index in [9.17, 15) is 0 Å². The summed E-state index contributed by atoms with van der Waals surface area (Å²) in [4.78, 5) is 0. The van der Waals surface area contributed by atoms with E-state index < -0.39 is 0 Å². The summed E-state index contributed by atoms with van der Waals surface area (Å²) in [6.07, 6.45) is 0. The van der Waals surface area contributed by atoms with Crippen molar-refractivity contribution in [2.45, 2.75) is 22.3 Å². The van der Waals surface area contributed by atoms with E-state index in [0.29, 0.717) is 0 Å². The molecule has 0 fully saturated rings. The van der Waals surface area contributed by atoms with Gasteiger partial charge in [-0.2, -0.15) is 0 Å². The van der Waals surface area contributed by atoms with Crippen LogP contribution in [0.4, 0.5) is 0 Å². The number of halogens is 1. The SMILES string of the molecule is C.C.C.[I-].[Pt]. The molecule has 0 aliphatic carbocycles. The van der Waals surface area contributed by atoms with Gasteiger partial charge in [0.05, 0.1) is 0 Å². The molecule has 0 N–H and O–H groups in total. The first-order valence-electron chi connectivity index (χ1n) is 0. The van der Waals surface area contributed by atoms with Crippen LogP contribution in [0.3, 0.4) is 0 Å². The number of hydrogen-bond donors (Lipinski definition) is 0. The molecule has 0 heterocycles. The molecule has 0 amide bonds. The van der Waals surface area contributed by atoms with Gasteiger partial charge in [0.2, 0.25) is 0 Å². The molecular formula is C3H12IPt-. The summed E-state index contributed by atoms with van der Waals surface area (Å²) in [6, 6.07) is 0. The Hall–Kier alpha value is 1.42. The molecule has 0 aromatic carbocycles. The maximum Gasteiger partial charge on any atom is 0 e. The predicted molar refractivity (Wildman–Crippen MR) is 20.2 cm³/mol. The monoisotopic (exact) mass is 370 g/mol. The van der Waals surface area contributed by atoms with Crippen molar-refractivity contribution in [1.82, 2.24) is 0 Å². The average Bonchev–Trinajstić information content (AvgIpc) is 0. The van der Waals surface area contributed by atoms with Crippen LogP contribution in [0.2, 0.25) is 0 Å². The van der Waals surface area contributed by atoms with Gasteiger partial charge in [0.15, 0.2) is 0 Å². The molecule has 0 aromatic heterocycles. The molecule has 0 unspecified atom stereocenters. The van der Waals surface area contributed by atoms with Gasteiger partial charge in [0.25, 0.3) is 0 Å². The Morgan fingerprint density at radius 2 is 0.600 bits per heavy atom. The van der Waals surface area contributed by atoms with E-state index in [4.69, 9.17) is 0 Å². The molecule has 0 saturated heterocycles. The standard InChI is InChI=1S/3CH4.HI.Pt/h3*1H4;1H;/p-1. The summed E-state index contributed by atoms with van der Waals surface area (Å²) in [5, 5.41) is 0. The van der Waals surface area contributed by atoms with Crippen LogP contribution in [0.15, 0.2) is 0 Å². The van der Waals surface area contributed by atoms with Gasteiger partial charge in [-0.05, 0) is 0 Å². The van der Waals surface area contributed by atoms with Crippen LogP contribution in [0.25, 0.3) is 0 Å². The van der Waals surface area contributed by atoms with Crippen molar-refractivity contribution in [2.75, 3.05) is 0 Å². The fourth-order valence-corrected chi connectivity index (χ4v) is 0. The predicted octanol–water partition coefficient (Wildman–Crippen LogP) is -1.09. The Morgan fingerprint density at radius 3 is 0.600 bits per heavy atom. The van der Waals surface area contributed by atoms with Crippen molar-refractivity contribution in [2.24, 2.45) is 0 Å². The Labute approximate surface area is 67.0 Å². The van der Waals surface area contributed by atoms with Gasteiger partial charge in [-0.3, -0.25) is 0 Å². The van der Waals surface area contributed by atoms with Crippen LogP contribution in [-0.4, -0.2) is 0 Å². The van der Waals surface area contributed by atoms with Gasteiger partial charge in [-0.1, -0.05) is 22.3 Å². The van der Waals surface area contributed by atoms with Gasteiger partial charge in [-0.25, -0.2) is 0 Å². The zero-order valence-corrected chi connectivity index (χ0v) is 5.12. The summed E-state index contributed by atoms with van der Waals surface area (Å²) in [6.45, 7) is 0. The third kappa shape index (κ3) is 31.5. The molecule has 0 atom stereocenters. The average molecular weight is 370 g/mol. The Kier molecular flexibility index (Phi) is 985. The summed E-state index contributed by atoms with van der Waals surface area (Å²) < 4.78 is 0. The first kappa shape index (κ1) is 93.7. The smallest absolute Gasteiger partial charge is 0 e. The van der Waals surface area contributed by atoms with Crippen LogP contribution in [-0.2, 0) is 21.1 Å². The van der Waals surface area contributed by atoms with Gasteiger partial charge in [0.1, 0.15) is 0 Å². The Bertz CT molecular complexity index is 6.85. The van der Waals surface area contributed by atoms with Crippen molar-refractivity contribution in [1.29, 1.82) is 0 Å². The van der Waals surface area contributed by atoms with Gasteiger partial charge in [0, 0.05) is 21.1 Å². The summed E-state index contributed by atoms with van der Waals surface area (Å²) >= 11 is 0.